The number of sulfonamides is 1. The Labute approximate surface area is 119 Å². The van der Waals surface area contributed by atoms with Crippen LogP contribution >= 0.6 is 11.8 Å². The van der Waals surface area contributed by atoms with Crippen molar-refractivity contribution >= 4 is 21.8 Å². The summed E-state index contributed by atoms with van der Waals surface area (Å²) in [5, 5.41) is 0. The van der Waals surface area contributed by atoms with Crippen molar-refractivity contribution in [3.63, 3.8) is 0 Å². The first kappa shape index (κ1) is 14.8. The van der Waals surface area contributed by atoms with Crippen molar-refractivity contribution in [3.05, 3.63) is 29.3 Å². The molecule has 3 N–H and O–H groups in total. The number of benzene rings is 1. The number of thioether (sulfide) groups is 1. The molecule has 1 unspecified atom stereocenters. The van der Waals surface area contributed by atoms with E-state index in [1.54, 1.807) is 23.9 Å². The van der Waals surface area contributed by atoms with Gasteiger partial charge in [0, 0.05) is 18.3 Å². The van der Waals surface area contributed by atoms with Crippen LogP contribution in [-0.4, -0.2) is 26.0 Å². The SMILES string of the molecule is Cc1c(CN)cccc1S(=O)(=O)NC1CCCSC1. The van der Waals surface area contributed by atoms with Gasteiger partial charge in [0.15, 0.2) is 0 Å². The maximum absolute atomic E-state index is 12.4. The van der Waals surface area contributed by atoms with Crippen LogP contribution in [0.15, 0.2) is 23.1 Å². The van der Waals surface area contributed by atoms with Gasteiger partial charge < -0.3 is 5.73 Å². The lowest BCUT2D eigenvalue weighted by Crippen LogP contribution is -2.38. The fourth-order valence-corrected chi connectivity index (χ4v) is 5.03. The first-order valence-electron chi connectivity index (χ1n) is 6.43. The number of hydrogen-bond donors (Lipinski definition) is 2. The van der Waals surface area contributed by atoms with Crippen LogP contribution in [0.4, 0.5) is 0 Å². The average Bonchev–Trinajstić information content (AvgIpc) is 2.39. The highest BCUT2D eigenvalue weighted by molar-refractivity contribution is 7.99. The number of nitrogens with one attached hydrogen (secondary N) is 1. The van der Waals surface area contributed by atoms with Crippen LogP contribution in [0.2, 0.25) is 0 Å². The Morgan fingerprint density at radius 1 is 1.47 bits per heavy atom. The molecule has 0 aliphatic carbocycles. The molecule has 1 saturated heterocycles. The summed E-state index contributed by atoms with van der Waals surface area (Å²) in [6.45, 7) is 2.17. The van der Waals surface area contributed by atoms with Crippen LogP contribution in [0.5, 0.6) is 0 Å². The maximum atomic E-state index is 12.4. The molecule has 1 heterocycles. The first-order valence-corrected chi connectivity index (χ1v) is 9.07. The summed E-state index contributed by atoms with van der Waals surface area (Å²) in [7, 11) is -3.44. The third kappa shape index (κ3) is 3.51. The Balaban J connectivity index is 2.23. The summed E-state index contributed by atoms with van der Waals surface area (Å²) in [6, 6.07) is 5.31. The smallest absolute Gasteiger partial charge is 0.241 e. The van der Waals surface area contributed by atoms with Crippen molar-refractivity contribution in [1.29, 1.82) is 0 Å². The van der Waals surface area contributed by atoms with E-state index in [1.807, 2.05) is 13.0 Å². The van der Waals surface area contributed by atoms with Gasteiger partial charge in [0.05, 0.1) is 4.90 Å². The second-order valence-corrected chi connectivity index (χ2v) is 7.61. The molecular formula is C13H20N2O2S2. The third-order valence-electron chi connectivity index (χ3n) is 3.39. The molecule has 6 heteroatoms. The van der Waals surface area contributed by atoms with Gasteiger partial charge in [-0.15, -0.1) is 0 Å². The predicted octanol–water partition coefficient (Wildman–Crippen LogP) is 1.63. The van der Waals surface area contributed by atoms with E-state index in [4.69, 9.17) is 5.73 Å². The Morgan fingerprint density at radius 3 is 2.89 bits per heavy atom. The fraction of sp³-hybridized carbons (Fsp3) is 0.538. The number of rotatable bonds is 4. The van der Waals surface area contributed by atoms with Gasteiger partial charge in [-0.25, -0.2) is 13.1 Å². The molecule has 0 radical (unpaired) electrons. The van der Waals surface area contributed by atoms with Gasteiger partial charge in [0.25, 0.3) is 0 Å². The molecule has 0 saturated carbocycles. The molecule has 2 rings (SSSR count). The fourth-order valence-electron chi connectivity index (χ4n) is 2.29. The topological polar surface area (TPSA) is 72.2 Å². The van der Waals surface area contributed by atoms with Crippen LogP contribution in [0.25, 0.3) is 0 Å². The third-order valence-corrected chi connectivity index (χ3v) is 6.27. The molecule has 1 atom stereocenters. The van der Waals surface area contributed by atoms with E-state index in [0.29, 0.717) is 11.4 Å². The number of hydrogen-bond acceptors (Lipinski definition) is 4. The normalized spacial score (nSPS) is 20.4. The van der Waals surface area contributed by atoms with E-state index in [-0.39, 0.29) is 6.04 Å². The Bertz CT molecular complexity index is 538. The van der Waals surface area contributed by atoms with Gasteiger partial charge in [-0.1, -0.05) is 12.1 Å². The van der Waals surface area contributed by atoms with Gasteiger partial charge in [-0.3, -0.25) is 0 Å². The summed E-state index contributed by atoms with van der Waals surface area (Å²) in [4.78, 5) is 0.353. The molecule has 19 heavy (non-hydrogen) atoms. The van der Waals surface area contributed by atoms with Crippen molar-refractivity contribution in [2.75, 3.05) is 11.5 Å². The zero-order chi connectivity index (χ0) is 13.9. The highest BCUT2D eigenvalue weighted by Gasteiger charge is 2.23. The van der Waals surface area contributed by atoms with Crippen molar-refractivity contribution in [2.24, 2.45) is 5.73 Å². The summed E-state index contributed by atoms with van der Waals surface area (Å²) in [6.07, 6.45) is 1.99. The van der Waals surface area contributed by atoms with Gasteiger partial charge in [-0.05, 0) is 42.7 Å². The quantitative estimate of drug-likeness (QED) is 0.886. The Hall–Kier alpha value is -0.560. The largest absolute Gasteiger partial charge is 0.326 e. The molecule has 4 nitrogen and oxygen atoms in total. The minimum atomic E-state index is -3.44. The van der Waals surface area contributed by atoms with Crippen molar-refractivity contribution in [2.45, 2.75) is 37.2 Å². The second-order valence-electron chi connectivity index (χ2n) is 4.78. The van der Waals surface area contributed by atoms with Gasteiger partial charge in [0.1, 0.15) is 0 Å². The average molecular weight is 300 g/mol. The van der Waals surface area contributed by atoms with Gasteiger partial charge >= 0.3 is 0 Å². The zero-order valence-electron chi connectivity index (χ0n) is 11.1. The highest BCUT2D eigenvalue weighted by Crippen LogP contribution is 2.22. The van der Waals surface area contributed by atoms with E-state index in [0.717, 1.165) is 35.5 Å². The Kier molecular flexibility index (Phi) is 4.89. The van der Waals surface area contributed by atoms with Crippen LogP contribution in [-0.2, 0) is 16.6 Å². The summed E-state index contributed by atoms with van der Waals surface area (Å²) < 4.78 is 27.7. The van der Waals surface area contributed by atoms with Crippen LogP contribution in [0, 0.1) is 6.92 Å². The molecule has 1 fully saturated rings. The monoisotopic (exact) mass is 300 g/mol. The second kappa shape index (κ2) is 6.26. The van der Waals surface area contributed by atoms with Gasteiger partial charge in [0.2, 0.25) is 10.0 Å². The van der Waals surface area contributed by atoms with E-state index in [2.05, 4.69) is 4.72 Å². The molecule has 1 aromatic carbocycles. The summed E-state index contributed by atoms with van der Waals surface area (Å²) in [5.74, 6) is 1.98. The van der Waals surface area contributed by atoms with E-state index in [9.17, 15) is 8.42 Å². The minimum Gasteiger partial charge on any atom is -0.326 e. The highest BCUT2D eigenvalue weighted by atomic mass is 32.2. The standard InChI is InChI=1S/C13H20N2O2S2/c1-10-11(8-14)4-2-6-13(10)19(16,17)15-12-5-3-7-18-9-12/h2,4,6,12,15H,3,5,7-9,14H2,1H3. The number of nitrogens with two attached hydrogens (primary N) is 1. The lowest BCUT2D eigenvalue weighted by molar-refractivity contribution is 0.542. The van der Waals surface area contributed by atoms with E-state index in [1.165, 1.54) is 0 Å². The van der Waals surface area contributed by atoms with Crippen molar-refractivity contribution in [3.8, 4) is 0 Å². The van der Waals surface area contributed by atoms with Gasteiger partial charge in [-0.2, -0.15) is 11.8 Å². The van der Waals surface area contributed by atoms with Crippen molar-refractivity contribution in [1.82, 2.24) is 4.72 Å². The predicted molar refractivity (Wildman–Crippen MR) is 79.7 cm³/mol. The summed E-state index contributed by atoms with van der Waals surface area (Å²) >= 11 is 1.80. The maximum Gasteiger partial charge on any atom is 0.241 e. The molecule has 0 bridgehead atoms. The van der Waals surface area contributed by atoms with Crippen LogP contribution in [0.1, 0.15) is 24.0 Å². The minimum absolute atomic E-state index is 0.0460. The Morgan fingerprint density at radius 2 is 2.26 bits per heavy atom. The lowest BCUT2D eigenvalue weighted by atomic mass is 10.1. The van der Waals surface area contributed by atoms with E-state index < -0.39 is 10.0 Å². The lowest BCUT2D eigenvalue weighted by Gasteiger charge is -2.23. The molecule has 106 valence electrons. The van der Waals surface area contributed by atoms with Crippen LogP contribution in [0.3, 0.4) is 0 Å². The van der Waals surface area contributed by atoms with Crippen LogP contribution < -0.4 is 10.5 Å². The van der Waals surface area contributed by atoms with Crippen molar-refractivity contribution < 1.29 is 8.42 Å². The molecule has 1 aromatic rings. The molecule has 0 aromatic heterocycles. The summed E-state index contributed by atoms with van der Waals surface area (Å²) in [5.41, 5.74) is 7.26. The molecule has 0 spiro atoms. The first-order chi connectivity index (χ1) is 9.04. The molecular weight excluding hydrogens is 280 g/mol. The molecule has 1 aliphatic heterocycles. The molecule has 0 amide bonds. The zero-order valence-corrected chi connectivity index (χ0v) is 12.7. The van der Waals surface area contributed by atoms with E-state index >= 15 is 0 Å². The molecule has 1 aliphatic rings.